The van der Waals surface area contributed by atoms with Gasteiger partial charge < -0.3 is 10.2 Å². The SMILES string of the molecule is CCCCNC(=O)[C@H](C)N(Cc1ccccc1)C(=O)CSCc1c(Cl)cccc1Cl. The Morgan fingerprint density at radius 2 is 1.73 bits per heavy atom. The topological polar surface area (TPSA) is 49.4 Å². The summed E-state index contributed by atoms with van der Waals surface area (Å²) in [4.78, 5) is 27.3. The molecule has 2 rings (SSSR count). The normalized spacial score (nSPS) is 11.7. The second kappa shape index (κ2) is 12.9. The first-order valence-electron chi connectivity index (χ1n) is 10.1. The summed E-state index contributed by atoms with van der Waals surface area (Å²) in [5, 5.41) is 4.11. The molecular weight excluding hydrogens is 439 g/mol. The zero-order valence-electron chi connectivity index (χ0n) is 17.4. The molecule has 0 bridgehead atoms. The van der Waals surface area contributed by atoms with Gasteiger partial charge in [0, 0.05) is 28.9 Å². The molecule has 2 aromatic rings. The van der Waals surface area contributed by atoms with Gasteiger partial charge in [0.05, 0.1) is 5.75 Å². The van der Waals surface area contributed by atoms with E-state index in [-0.39, 0.29) is 17.6 Å². The van der Waals surface area contributed by atoms with E-state index in [9.17, 15) is 9.59 Å². The molecule has 30 heavy (non-hydrogen) atoms. The molecule has 1 N–H and O–H groups in total. The number of nitrogens with zero attached hydrogens (tertiary/aromatic N) is 1. The fourth-order valence-electron chi connectivity index (χ4n) is 2.89. The highest BCUT2D eigenvalue weighted by atomic mass is 35.5. The van der Waals surface area contributed by atoms with Gasteiger partial charge in [0.25, 0.3) is 0 Å². The minimum absolute atomic E-state index is 0.0924. The average Bonchev–Trinajstić information content (AvgIpc) is 2.74. The highest BCUT2D eigenvalue weighted by molar-refractivity contribution is 7.99. The van der Waals surface area contributed by atoms with Gasteiger partial charge in [-0.3, -0.25) is 9.59 Å². The van der Waals surface area contributed by atoms with Crippen molar-refractivity contribution >= 4 is 46.8 Å². The Hall–Kier alpha value is -1.69. The molecule has 0 saturated carbocycles. The lowest BCUT2D eigenvalue weighted by molar-refractivity contribution is -0.138. The van der Waals surface area contributed by atoms with Crippen LogP contribution in [0, 0.1) is 0 Å². The summed E-state index contributed by atoms with van der Waals surface area (Å²) in [5.74, 6) is 0.540. The first-order chi connectivity index (χ1) is 14.4. The van der Waals surface area contributed by atoms with Crippen LogP contribution in [0.2, 0.25) is 10.0 Å². The number of hydrogen-bond acceptors (Lipinski definition) is 3. The molecule has 0 fully saturated rings. The van der Waals surface area contributed by atoms with E-state index in [0.29, 0.717) is 28.9 Å². The number of unbranched alkanes of at least 4 members (excludes halogenated alkanes) is 1. The smallest absolute Gasteiger partial charge is 0.242 e. The van der Waals surface area contributed by atoms with Crippen LogP contribution in [0.25, 0.3) is 0 Å². The van der Waals surface area contributed by atoms with Crippen molar-refractivity contribution in [2.24, 2.45) is 0 Å². The van der Waals surface area contributed by atoms with Crippen molar-refractivity contribution in [2.45, 2.75) is 45.0 Å². The Morgan fingerprint density at radius 3 is 2.37 bits per heavy atom. The molecule has 0 heterocycles. The number of thioether (sulfide) groups is 1. The maximum Gasteiger partial charge on any atom is 0.242 e. The van der Waals surface area contributed by atoms with E-state index >= 15 is 0 Å². The third-order valence-corrected chi connectivity index (χ3v) is 6.38. The number of carbonyl (C=O) groups excluding carboxylic acids is 2. The van der Waals surface area contributed by atoms with Gasteiger partial charge in [-0.05, 0) is 36.6 Å². The first kappa shape index (κ1) is 24.6. The molecular formula is C23H28Cl2N2O2S. The Morgan fingerprint density at radius 1 is 1.07 bits per heavy atom. The number of halogens is 2. The maximum absolute atomic E-state index is 13.0. The van der Waals surface area contributed by atoms with Crippen LogP contribution in [-0.4, -0.2) is 35.1 Å². The van der Waals surface area contributed by atoms with Gasteiger partial charge in [0.15, 0.2) is 0 Å². The molecule has 0 aromatic heterocycles. The lowest BCUT2D eigenvalue weighted by Crippen LogP contribution is -2.48. The Bertz CT molecular complexity index is 813. The minimum Gasteiger partial charge on any atom is -0.354 e. The highest BCUT2D eigenvalue weighted by Crippen LogP contribution is 2.28. The summed E-state index contributed by atoms with van der Waals surface area (Å²) in [6.45, 7) is 4.85. The van der Waals surface area contributed by atoms with Gasteiger partial charge in [0.1, 0.15) is 6.04 Å². The van der Waals surface area contributed by atoms with Crippen LogP contribution in [0.4, 0.5) is 0 Å². The van der Waals surface area contributed by atoms with Crippen molar-refractivity contribution in [2.75, 3.05) is 12.3 Å². The van der Waals surface area contributed by atoms with E-state index in [1.54, 1.807) is 30.0 Å². The molecule has 0 spiro atoms. The van der Waals surface area contributed by atoms with E-state index in [0.717, 1.165) is 24.0 Å². The molecule has 2 amide bonds. The largest absolute Gasteiger partial charge is 0.354 e. The van der Waals surface area contributed by atoms with Crippen molar-refractivity contribution in [3.63, 3.8) is 0 Å². The second-order valence-electron chi connectivity index (χ2n) is 7.02. The summed E-state index contributed by atoms with van der Waals surface area (Å²) in [6, 6.07) is 14.5. The standard InChI is InChI=1S/C23H28Cl2N2O2S/c1-3-4-13-26-23(29)17(2)27(14-18-9-6-5-7-10-18)22(28)16-30-15-19-20(24)11-8-12-21(19)25/h5-12,17H,3-4,13-16H2,1-2H3,(H,26,29)/t17-/m0/s1. The van der Waals surface area contributed by atoms with Gasteiger partial charge in [-0.25, -0.2) is 0 Å². The molecule has 0 saturated heterocycles. The van der Waals surface area contributed by atoms with Crippen LogP contribution in [-0.2, 0) is 21.9 Å². The number of amides is 2. The Balaban J connectivity index is 2.04. The van der Waals surface area contributed by atoms with Crippen molar-refractivity contribution in [3.8, 4) is 0 Å². The molecule has 1 atom stereocenters. The third-order valence-electron chi connectivity index (χ3n) is 4.73. The van der Waals surface area contributed by atoms with E-state index in [2.05, 4.69) is 12.2 Å². The molecule has 7 heteroatoms. The highest BCUT2D eigenvalue weighted by Gasteiger charge is 2.25. The van der Waals surface area contributed by atoms with Crippen LogP contribution in [0.3, 0.4) is 0 Å². The molecule has 0 aliphatic carbocycles. The third kappa shape index (κ3) is 7.53. The molecule has 0 aliphatic heterocycles. The van der Waals surface area contributed by atoms with Crippen molar-refractivity contribution in [3.05, 3.63) is 69.7 Å². The molecule has 4 nitrogen and oxygen atoms in total. The fraction of sp³-hybridized carbons (Fsp3) is 0.391. The predicted octanol–water partition coefficient (Wildman–Crippen LogP) is 5.56. The maximum atomic E-state index is 13.0. The van der Waals surface area contributed by atoms with Crippen LogP contribution in [0.15, 0.2) is 48.5 Å². The van der Waals surface area contributed by atoms with Crippen molar-refractivity contribution in [1.82, 2.24) is 10.2 Å². The Labute approximate surface area is 193 Å². The van der Waals surface area contributed by atoms with Crippen LogP contribution in [0.1, 0.15) is 37.8 Å². The molecule has 162 valence electrons. The van der Waals surface area contributed by atoms with Gasteiger partial charge in [0.2, 0.25) is 11.8 Å². The van der Waals surface area contributed by atoms with Crippen LogP contribution < -0.4 is 5.32 Å². The number of carbonyl (C=O) groups is 2. The van der Waals surface area contributed by atoms with Gasteiger partial charge >= 0.3 is 0 Å². The lowest BCUT2D eigenvalue weighted by Gasteiger charge is -2.29. The summed E-state index contributed by atoms with van der Waals surface area (Å²) in [6.07, 6.45) is 1.92. The number of benzene rings is 2. The Kier molecular flexibility index (Phi) is 10.6. The fourth-order valence-corrected chi connectivity index (χ4v) is 4.54. The monoisotopic (exact) mass is 466 g/mol. The summed E-state index contributed by atoms with van der Waals surface area (Å²) in [5.41, 5.74) is 1.80. The van der Waals surface area contributed by atoms with E-state index in [1.807, 2.05) is 30.3 Å². The summed E-state index contributed by atoms with van der Waals surface area (Å²) < 4.78 is 0. The van der Waals surface area contributed by atoms with E-state index < -0.39 is 6.04 Å². The van der Waals surface area contributed by atoms with E-state index in [4.69, 9.17) is 23.2 Å². The molecule has 2 aromatic carbocycles. The lowest BCUT2D eigenvalue weighted by atomic mass is 10.1. The van der Waals surface area contributed by atoms with Gasteiger partial charge in [-0.2, -0.15) is 0 Å². The molecule has 0 aliphatic rings. The van der Waals surface area contributed by atoms with Crippen molar-refractivity contribution in [1.29, 1.82) is 0 Å². The van der Waals surface area contributed by atoms with Gasteiger partial charge in [-0.15, -0.1) is 11.8 Å². The zero-order valence-corrected chi connectivity index (χ0v) is 19.7. The number of rotatable bonds is 11. The van der Waals surface area contributed by atoms with Gasteiger partial charge in [-0.1, -0.05) is 72.9 Å². The first-order valence-corrected chi connectivity index (χ1v) is 12.0. The van der Waals surface area contributed by atoms with E-state index in [1.165, 1.54) is 11.8 Å². The van der Waals surface area contributed by atoms with Crippen molar-refractivity contribution < 1.29 is 9.59 Å². The molecule has 0 radical (unpaired) electrons. The number of nitrogens with one attached hydrogen (secondary N) is 1. The molecule has 0 unspecified atom stereocenters. The summed E-state index contributed by atoms with van der Waals surface area (Å²) in [7, 11) is 0. The minimum atomic E-state index is -0.556. The predicted molar refractivity (Wildman–Crippen MR) is 127 cm³/mol. The van der Waals surface area contributed by atoms with Crippen LogP contribution >= 0.6 is 35.0 Å². The average molecular weight is 467 g/mol. The van der Waals surface area contributed by atoms with Crippen LogP contribution in [0.5, 0.6) is 0 Å². The quantitative estimate of drug-likeness (QED) is 0.440. The zero-order chi connectivity index (χ0) is 21.9. The number of hydrogen-bond donors (Lipinski definition) is 1. The second-order valence-corrected chi connectivity index (χ2v) is 8.82. The summed E-state index contributed by atoms with van der Waals surface area (Å²) >= 11 is 13.9.